The summed E-state index contributed by atoms with van der Waals surface area (Å²) in [7, 11) is -2.07. The van der Waals surface area contributed by atoms with Gasteiger partial charge in [-0.15, -0.1) is 0 Å². The molecule has 1 amide bonds. The van der Waals surface area contributed by atoms with E-state index in [1.807, 2.05) is 24.3 Å². The maximum atomic E-state index is 12.5. The molecule has 0 spiro atoms. The average molecular weight is 465 g/mol. The molecule has 0 aliphatic carbocycles. The summed E-state index contributed by atoms with van der Waals surface area (Å²) in [6.45, 7) is 0. The Morgan fingerprint density at radius 1 is 1.18 bits per heavy atom. The van der Waals surface area contributed by atoms with Crippen LogP contribution < -0.4 is 14.8 Å². The molecule has 0 radical (unpaired) electrons. The second-order valence-electron chi connectivity index (χ2n) is 5.89. The van der Waals surface area contributed by atoms with Gasteiger partial charge in [-0.05, 0) is 42.5 Å². The van der Waals surface area contributed by atoms with E-state index in [1.165, 1.54) is 19.4 Å². The summed E-state index contributed by atoms with van der Waals surface area (Å²) in [5.41, 5.74) is 1.81. The van der Waals surface area contributed by atoms with Crippen molar-refractivity contribution in [3.63, 3.8) is 0 Å². The molecule has 0 bridgehead atoms. The van der Waals surface area contributed by atoms with Gasteiger partial charge in [0, 0.05) is 16.4 Å². The number of benzene rings is 2. The fraction of sp³-hybridized carbons (Fsp3) is 0.111. The molecule has 146 valence electrons. The van der Waals surface area contributed by atoms with Crippen molar-refractivity contribution in [3.8, 4) is 11.4 Å². The molecule has 8 nitrogen and oxygen atoms in total. The Hall–Kier alpha value is -2.85. The van der Waals surface area contributed by atoms with Crippen molar-refractivity contribution >= 4 is 43.2 Å². The van der Waals surface area contributed by atoms with Gasteiger partial charge in [-0.2, -0.15) is 5.10 Å². The number of anilines is 2. The highest BCUT2D eigenvalue weighted by atomic mass is 79.9. The van der Waals surface area contributed by atoms with Crippen molar-refractivity contribution in [1.29, 1.82) is 0 Å². The standard InChI is InChI=1S/C18H17BrN4O4S/c1-27-17-8-5-14(9-16(17)22-28(2,25)26)21-18(24)12-10-20-23(11-12)15-6-3-13(19)4-7-15/h3-11,22H,1-2H3,(H,21,24). The van der Waals surface area contributed by atoms with E-state index < -0.39 is 10.0 Å². The Kier molecular flexibility index (Phi) is 5.71. The fourth-order valence-corrected chi connectivity index (χ4v) is 3.27. The number of carbonyl (C=O) groups is 1. The third kappa shape index (κ3) is 4.90. The highest BCUT2D eigenvalue weighted by molar-refractivity contribution is 9.10. The zero-order valence-electron chi connectivity index (χ0n) is 15.0. The summed E-state index contributed by atoms with van der Waals surface area (Å²) in [6.07, 6.45) is 4.10. The predicted octanol–water partition coefficient (Wildman–Crippen LogP) is 3.27. The SMILES string of the molecule is COc1ccc(NC(=O)c2cnn(-c3ccc(Br)cc3)c2)cc1NS(C)(=O)=O. The number of nitrogens with one attached hydrogen (secondary N) is 2. The largest absolute Gasteiger partial charge is 0.495 e. The van der Waals surface area contributed by atoms with Gasteiger partial charge in [0.2, 0.25) is 10.0 Å². The first-order valence-corrected chi connectivity index (χ1v) is 10.7. The van der Waals surface area contributed by atoms with E-state index in [4.69, 9.17) is 4.74 Å². The van der Waals surface area contributed by atoms with Crippen LogP contribution in [0.25, 0.3) is 5.69 Å². The zero-order valence-corrected chi connectivity index (χ0v) is 17.4. The van der Waals surface area contributed by atoms with Crippen molar-refractivity contribution in [2.75, 3.05) is 23.4 Å². The van der Waals surface area contributed by atoms with Crippen LogP contribution in [0.4, 0.5) is 11.4 Å². The number of hydrogen-bond acceptors (Lipinski definition) is 5. The van der Waals surface area contributed by atoms with E-state index in [-0.39, 0.29) is 11.6 Å². The quantitative estimate of drug-likeness (QED) is 0.582. The number of amides is 1. The van der Waals surface area contributed by atoms with E-state index in [0.717, 1.165) is 16.4 Å². The summed E-state index contributed by atoms with van der Waals surface area (Å²) < 4.78 is 33.1. The summed E-state index contributed by atoms with van der Waals surface area (Å²) >= 11 is 3.37. The van der Waals surface area contributed by atoms with E-state index >= 15 is 0 Å². The topological polar surface area (TPSA) is 102 Å². The molecule has 0 unspecified atom stereocenters. The molecule has 3 aromatic rings. The Labute approximate surface area is 170 Å². The van der Waals surface area contributed by atoms with Gasteiger partial charge in [0.05, 0.1) is 36.5 Å². The maximum absolute atomic E-state index is 12.5. The molecule has 1 aromatic heterocycles. The lowest BCUT2D eigenvalue weighted by atomic mass is 10.2. The van der Waals surface area contributed by atoms with Crippen LogP contribution in [0.15, 0.2) is 59.3 Å². The molecule has 2 aromatic carbocycles. The zero-order chi connectivity index (χ0) is 20.3. The van der Waals surface area contributed by atoms with E-state index in [2.05, 4.69) is 31.1 Å². The minimum atomic E-state index is -3.50. The molecule has 2 N–H and O–H groups in total. The van der Waals surface area contributed by atoms with Gasteiger partial charge in [0.15, 0.2) is 0 Å². The molecule has 3 rings (SSSR count). The third-order valence-corrected chi connectivity index (χ3v) is 4.81. The first kappa shape index (κ1) is 19.9. The van der Waals surface area contributed by atoms with E-state index in [9.17, 15) is 13.2 Å². The van der Waals surface area contributed by atoms with Crippen LogP contribution in [-0.4, -0.2) is 37.5 Å². The first-order valence-electron chi connectivity index (χ1n) is 8.03. The number of carbonyl (C=O) groups excluding carboxylic acids is 1. The van der Waals surface area contributed by atoms with Gasteiger partial charge < -0.3 is 10.1 Å². The van der Waals surface area contributed by atoms with Crippen molar-refractivity contribution in [2.24, 2.45) is 0 Å². The normalized spacial score (nSPS) is 11.1. The molecule has 10 heteroatoms. The van der Waals surface area contributed by atoms with Crippen LogP contribution in [0.3, 0.4) is 0 Å². The molecule has 0 aliphatic rings. The van der Waals surface area contributed by atoms with Crippen LogP contribution >= 0.6 is 15.9 Å². The van der Waals surface area contributed by atoms with Gasteiger partial charge >= 0.3 is 0 Å². The number of aromatic nitrogens is 2. The number of hydrogen-bond donors (Lipinski definition) is 2. The van der Waals surface area contributed by atoms with Gasteiger partial charge in [0.25, 0.3) is 5.91 Å². The Bertz CT molecular complexity index is 1110. The molecule has 0 saturated carbocycles. The Morgan fingerprint density at radius 3 is 2.54 bits per heavy atom. The smallest absolute Gasteiger partial charge is 0.258 e. The molecular weight excluding hydrogens is 448 g/mol. The summed E-state index contributed by atoms with van der Waals surface area (Å²) in [6, 6.07) is 12.2. The number of nitrogens with zero attached hydrogens (tertiary/aromatic N) is 2. The lowest BCUT2D eigenvalue weighted by Crippen LogP contribution is -2.13. The molecular formula is C18H17BrN4O4S. The minimum absolute atomic E-state index is 0.230. The minimum Gasteiger partial charge on any atom is -0.495 e. The van der Waals surface area contributed by atoms with E-state index in [1.54, 1.807) is 23.0 Å². The highest BCUT2D eigenvalue weighted by Crippen LogP contribution is 2.28. The Balaban J connectivity index is 1.79. The van der Waals surface area contributed by atoms with Gasteiger partial charge in [-0.25, -0.2) is 13.1 Å². The maximum Gasteiger partial charge on any atom is 0.258 e. The van der Waals surface area contributed by atoms with Crippen LogP contribution in [-0.2, 0) is 10.0 Å². The van der Waals surface area contributed by atoms with E-state index in [0.29, 0.717) is 17.0 Å². The lowest BCUT2D eigenvalue weighted by Gasteiger charge is -2.12. The van der Waals surface area contributed by atoms with Crippen molar-refractivity contribution in [3.05, 3.63) is 64.9 Å². The van der Waals surface area contributed by atoms with Crippen molar-refractivity contribution in [1.82, 2.24) is 9.78 Å². The Morgan fingerprint density at radius 2 is 1.89 bits per heavy atom. The van der Waals surface area contributed by atoms with Gasteiger partial charge in [-0.3, -0.25) is 9.52 Å². The molecule has 28 heavy (non-hydrogen) atoms. The number of halogens is 1. The van der Waals surface area contributed by atoms with Crippen LogP contribution in [0, 0.1) is 0 Å². The van der Waals surface area contributed by atoms with Crippen molar-refractivity contribution in [2.45, 2.75) is 0 Å². The summed E-state index contributed by atoms with van der Waals surface area (Å²) in [4.78, 5) is 12.5. The molecule has 0 aliphatic heterocycles. The second kappa shape index (κ2) is 8.03. The molecule has 0 fully saturated rings. The van der Waals surface area contributed by atoms with Gasteiger partial charge in [0.1, 0.15) is 5.75 Å². The van der Waals surface area contributed by atoms with Crippen LogP contribution in [0.1, 0.15) is 10.4 Å². The van der Waals surface area contributed by atoms with Crippen LogP contribution in [0.2, 0.25) is 0 Å². The summed E-state index contributed by atoms with van der Waals surface area (Å²) in [5, 5.41) is 6.92. The second-order valence-corrected chi connectivity index (χ2v) is 8.56. The molecule has 1 heterocycles. The number of rotatable bonds is 6. The van der Waals surface area contributed by atoms with Crippen molar-refractivity contribution < 1.29 is 17.9 Å². The number of methoxy groups -OCH3 is 1. The fourth-order valence-electron chi connectivity index (χ4n) is 2.44. The summed E-state index contributed by atoms with van der Waals surface area (Å²) in [5.74, 6) is -0.0367. The van der Waals surface area contributed by atoms with Gasteiger partial charge in [-0.1, -0.05) is 15.9 Å². The highest BCUT2D eigenvalue weighted by Gasteiger charge is 2.13. The predicted molar refractivity (Wildman–Crippen MR) is 111 cm³/mol. The number of sulfonamides is 1. The third-order valence-electron chi connectivity index (χ3n) is 3.69. The lowest BCUT2D eigenvalue weighted by molar-refractivity contribution is 0.102. The number of ether oxygens (including phenoxy) is 1. The van der Waals surface area contributed by atoms with Crippen LogP contribution in [0.5, 0.6) is 5.75 Å². The molecule has 0 atom stereocenters. The average Bonchev–Trinajstić information content (AvgIpc) is 3.11. The monoisotopic (exact) mass is 464 g/mol. The first-order chi connectivity index (χ1) is 13.2. The molecule has 0 saturated heterocycles.